The Bertz CT molecular complexity index is 1970. The monoisotopic (exact) mass is 762 g/mol. The van der Waals surface area contributed by atoms with Gasteiger partial charge in [-0.15, -0.1) is 13.2 Å². The van der Waals surface area contributed by atoms with Crippen LogP contribution in [0.1, 0.15) is 29.0 Å². The second kappa shape index (κ2) is 16.8. The van der Waals surface area contributed by atoms with E-state index in [0.717, 1.165) is 19.2 Å². The van der Waals surface area contributed by atoms with Gasteiger partial charge in [0, 0.05) is 47.9 Å². The first-order chi connectivity index (χ1) is 24.8. The van der Waals surface area contributed by atoms with Crippen LogP contribution in [0.4, 0.5) is 28.0 Å². The lowest BCUT2D eigenvalue weighted by Crippen LogP contribution is -2.53. The van der Waals surface area contributed by atoms with E-state index >= 15 is 4.39 Å². The first-order valence-corrected chi connectivity index (χ1v) is 17.9. The molecule has 3 N–H and O–H groups in total. The van der Waals surface area contributed by atoms with E-state index in [0.29, 0.717) is 23.7 Å². The van der Waals surface area contributed by atoms with Crippen LogP contribution in [0.3, 0.4) is 0 Å². The summed E-state index contributed by atoms with van der Waals surface area (Å²) >= 11 is 6.11. The van der Waals surface area contributed by atoms with E-state index in [-0.39, 0.29) is 41.1 Å². The Hall–Kier alpha value is -4.70. The van der Waals surface area contributed by atoms with Crippen LogP contribution in [0.15, 0.2) is 102 Å². The van der Waals surface area contributed by atoms with E-state index in [1.807, 2.05) is 0 Å². The molecule has 0 bridgehead atoms. The average Bonchev–Trinajstić information content (AvgIpc) is 3.11. The lowest BCUT2D eigenvalue weighted by atomic mass is 9.84. The van der Waals surface area contributed by atoms with Crippen LogP contribution in [-0.2, 0) is 26.0 Å². The molecule has 2 amide bonds. The fraction of sp³-hybridized carbons (Fsp3) is 0.278. The van der Waals surface area contributed by atoms with E-state index < -0.39 is 58.0 Å². The third-order valence-corrected chi connectivity index (χ3v) is 10.7. The summed E-state index contributed by atoms with van der Waals surface area (Å²) in [6, 6.07) is 21.0. The number of carbonyl (C=O) groups is 2. The van der Waals surface area contributed by atoms with Crippen molar-refractivity contribution in [2.75, 3.05) is 32.1 Å². The van der Waals surface area contributed by atoms with Crippen LogP contribution in [0.25, 0.3) is 0 Å². The van der Waals surface area contributed by atoms with Crippen LogP contribution in [0.2, 0.25) is 5.02 Å². The van der Waals surface area contributed by atoms with Gasteiger partial charge in [0.1, 0.15) is 17.6 Å². The minimum absolute atomic E-state index is 0.0159. The van der Waals surface area contributed by atoms with Gasteiger partial charge in [-0.05, 0) is 72.5 Å². The molecule has 16 heteroatoms. The number of sulfonamides is 1. The third-order valence-electron chi connectivity index (χ3n) is 8.50. The minimum Gasteiger partial charge on any atom is -0.453 e. The highest BCUT2D eigenvalue weighted by atomic mass is 35.5. The normalized spacial score (nSPS) is 16.4. The Morgan fingerprint density at radius 2 is 1.69 bits per heavy atom. The molecule has 1 saturated heterocycles. The van der Waals surface area contributed by atoms with Gasteiger partial charge in [0.05, 0.1) is 12.0 Å². The van der Waals surface area contributed by atoms with Crippen molar-refractivity contribution >= 4 is 39.3 Å². The smallest absolute Gasteiger partial charge is 0.453 e. The molecule has 3 atom stereocenters. The van der Waals surface area contributed by atoms with Crippen LogP contribution in [-0.4, -0.2) is 69.9 Å². The topological polar surface area (TPSA) is 126 Å². The number of benzene rings is 4. The fourth-order valence-electron chi connectivity index (χ4n) is 6.12. The summed E-state index contributed by atoms with van der Waals surface area (Å²) in [5.74, 6) is -3.21. The summed E-state index contributed by atoms with van der Waals surface area (Å²) < 4.78 is 92.4. The molecule has 0 saturated carbocycles. The molecule has 2 unspecified atom stereocenters. The number of hydrogen-bond acceptors (Lipinski definition) is 7. The number of carbonyl (C=O) groups excluding carboxylic acids is 2. The molecular formula is C36H35ClF4N4O6S. The van der Waals surface area contributed by atoms with E-state index in [4.69, 9.17) is 16.3 Å². The number of nitrogens with one attached hydrogen (secondary N) is 3. The first kappa shape index (κ1) is 38.5. The summed E-state index contributed by atoms with van der Waals surface area (Å²) in [4.78, 5) is 27.0. The Labute approximate surface area is 303 Å². The number of amides is 2. The molecule has 1 aliphatic heterocycles. The number of halogens is 5. The SMILES string of the molecule is COC(=O)NC(C(=O)Nc1cccc(F)c1CC[C@H]1CNCCN1S(=O)(=O)c1ccccc1)C(c1ccc(Cl)cc1)c1cccc(OC(F)(F)F)c1. The molecule has 52 heavy (non-hydrogen) atoms. The van der Waals surface area contributed by atoms with Crippen molar-refractivity contribution in [3.05, 3.63) is 125 Å². The molecular weight excluding hydrogens is 728 g/mol. The quantitative estimate of drug-likeness (QED) is 0.141. The number of nitrogens with zero attached hydrogens (tertiary/aromatic N) is 1. The number of alkyl carbamates (subject to hydrolysis) is 1. The van der Waals surface area contributed by atoms with Crippen LogP contribution in [0.5, 0.6) is 5.75 Å². The highest BCUT2D eigenvalue weighted by Crippen LogP contribution is 2.34. The molecule has 10 nitrogen and oxygen atoms in total. The van der Waals surface area contributed by atoms with Gasteiger partial charge in [-0.3, -0.25) is 4.79 Å². The molecule has 4 aromatic rings. The minimum atomic E-state index is -5.00. The summed E-state index contributed by atoms with van der Waals surface area (Å²) in [6.07, 6.45) is -5.82. The Morgan fingerprint density at radius 3 is 2.38 bits per heavy atom. The summed E-state index contributed by atoms with van der Waals surface area (Å²) in [6.45, 7) is 0.941. The second-order valence-electron chi connectivity index (χ2n) is 11.8. The van der Waals surface area contributed by atoms with Gasteiger partial charge in [0.15, 0.2) is 0 Å². The molecule has 0 aliphatic carbocycles. The fourth-order valence-corrected chi connectivity index (χ4v) is 7.92. The number of hydrogen-bond donors (Lipinski definition) is 3. The number of anilines is 1. The number of ether oxygens (including phenoxy) is 2. The summed E-state index contributed by atoms with van der Waals surface area (Å²) in [5.41, 5.74) is 0.671. The van der Waals surface area contributed by atoms with Crippen LogP contribution < -0.4 is 20.7 Å². The molecule has 1 heterocycles. The first-order valence-electron chi connectivity index (χ1n) is 16.1. The van der Waals surface area contributed by atoms with E-state index in [2.05, 4.69) is 20.7 Å². The maximum absolute atomic E-state index is 15.5. The molecule has 1 fully saturated rings. The van der Waals surface area contributed by atoms with Gasteiger partial charge in [0.2, 0.25) is 15.9 Å². The van der Waals surface area contributed by atoms with Crippen molar-refractivity contribution < 1.29 is 45.0 Å². The predicted octanol–water partition coefficient (Wildman–Crippen LogP) is 6.47. The summed E-state index contributed by atoms with van der Waals surface area (Å²) in [5, 5.41) is 8.69. The molecule has 0 aromatic heterocycles. The van der Waals surface area contributed by atoms with Crippen molar-refractivity contribution in [2.45, 2.75) is 42.1 Å². The molecule has 0 spiro atoms. The number of piperazine rings is 1. The average molecular weight is 763 g/mol. The zero-order chi connectivity index (χ0) is 37.5. The lowest BCUT2D eigenvalue weighted by molar-refractivity contribution is -0.274. The largest absolute Gasteiger partial charge is 0.573 e. The molecule has 0 radical (unpaired) electrons. The Kier molecular flexibility index (Phi) is 12.4. The van der Waals surface area contributed by atoms with Crippen molar-refractivity contribution in [2.24, 2.45) is 0 Å². The Morgan fingerprint density at radius 1 is 0.981 bits per heavy atom. The maximum atomic E-state index is 15.5. The molecule has 4 aromatic carbocycles. The van der Waals surface area contributed by atoms with E-state index in [1.54, 1.807) is 30.3 Å². The van der Waals surface area contributed by atoms with E-state index in [1.165, 1.54) is 58.9 Å². The lowest BCUT2D eigenvalue weighted by Gasteiger charge is -2.35. The number of rotatable bonds is 12. The Balaban J connectivity index is 1.47. The van der Waals surface area contributed by atoms with Gasteiger partial charge in [-0.2, -0.15) is 4.31 Å². The zero-order valence-electron chi connectivity index (χ0n) is 27.7. The highest BCUT2D eigenvalue weighted by molar-refractivity contribution is 7.89. The van der Waals surface area contributed by atoms with Crippen molar-refractivity contribution in [3.8, 4) is 5.75 Å². The maximum Gasteiger partial charge on any atom is 0.573 e. The zero-order valence-corrected chi connectivity index (χ0v) is 29.3. The highest BCUT2D eigenvalue weighted by Gasteiger charge is 2.36. The number of methoxy groups -OCH3 is 1. The van der Waals surface area contributed by atoms with Gasteiger partial charge >= 0.3 is 12.5 Å². The second-order valence-corrected chi connectivity index (χ2v) is 14.2. The van der Waals surface area contributed by atoms with Gasteiger partial charge in [-0.1, -0.05) is 60.1 Å². The van der Waals surface area contributed by atoms with Gasteiger partial charge < -0.3 is 25.4 Å². The van der Waals surface area contributed by atoms with Crippen molar-refractivity contribution in [1.82, 2.24) is 14.9 Å². The standard InChI is InChI=1S/C36H35ClF4N4O6S/c1-50-35(47)44-33(32(23-13-15-25(37)16-14-23)24-7-5-8-27(21-24)51-36(39,40)41)34(46)43-31-12-6-11-30(38)29(31)18-17-26-22-42-19-20-45(26)52(48,49)28-9-3-2-4-10-28/h2-16,21,26,32-33,42H,17-20,22H2,1H3,(H,43,46)(H,44,47)/t26-,32?,33?/m0/s1. The van der Waals surface area contributed by atoms with Gasteiger partial charge in [-0.25, -0.2) is 17.6 Å². The number of alkyl halides is 3. The predicted molar refractivity (Wildman–Crippen MR) is 186 cm³/mol. The molecule has 5 rings (SSSR count). The van der Waals surface area contributed by atoms with Crippen molar-refractivity contribution in [1.29, 1.82) is 0 Å². The van der Waals surface area contributed by atoms with Crippen LogP contribution in [0, 0.1) is 5.82 Å². The van der Waals surface area contributed by atoms with E-state index in [9.17, 15) is 31.2 Å². The summed E-state index contributed by atoms with van der Waals surface area (Å²) in [7, 11) is -2.79. The van der Waals surface area contributed by atoms with Gasteiger partial charge in [0.25, 0.3) is 0 Å². The van der Waals surface area contributed by atoms with Crippen LogP contribution >= 0.6 is 11.6 Å². The molecule has 276 valence electrons. The third kappa shape index (κ3) is 9.59. The van der Waals surface area contributed by atoms with Crippen molar-refractivity contribution in [3.63, 3.8) is 0 Å². The molecule has 1 aliphatic rings.